The molecule has 1 saturated carbocycles. The van der Waals surface area contributed by atoms with Crippen molar-refractivity contribution in [3.63, 3.8) is 0 Å². The van der Waals surface area contributed by atoms with Crippen LogP contribution in [0.15, 0.2) is 86.6 Å². The summed E-state index contributed by atoms with van der Waals surface area (Å²) in [5.41, 5.74) is 0.606. The Morgan fingerprint density at radius 1 is 1.00 bits per heavy atom. The van der Waals surface area contributed by atoms with Gasteiger partial charge in [0.25, 0.3) is 0 Å². The standard InChI is InChI=1S/C25H20Br2O4S/c1-31-23(29)20-21(14-5-3-2-4-6-14)25(15-7-9-16(26)10-8-15)24(30,22(20)28)18-12-11-17(27)13-19(18)32-25/h2-13,20-22,28,30H,1H3/t20-,21-,22-,24+,25+/m1/s1. The molecule has 0 aromatic heterocycles. The van der Waals surface area contributed by atoms with E-state index in [9.17, 15) is 15.0 Å². The summed E-state index contributed by atoms with van der Waals surface area (Å²) >= 11 is 8.53. The summed E-state index contributed by atoms with van der Waals surface area (Å²) in [6, 6.07) is 23.0. The summed E-state index contributed by atoms with van der Waals surface area (Å²) in [5.74, 6) is -2.02. The Morgan fingerprint density at radius 2 is 1.66 bits per heavy atom. The third-order valence-corrected chi connectivity index (χ3v) is 9.36. The van der Waals surface area contributed by atoms with Crippen molar-refractivity contribution in [2.75, 3.05) is 7.11 Å². The molecule has 0 spiro atoms. The minimum absolute atomic E-state index is 0.534. The smallest absolute Gasteiger partial charge is 0.312 e. The molecule has 164 valence electrons. The van der Waals surface area contributed by atoms with E-state index in [-0.39, 0.29) is 0 Å². The van der Waals surface area contributed by atoms with Gasteiger partial charge in [-0.3, -0.25) is 4.79 Å². The average Bonchev–Trinajstić information content (AvgIpc) is 3.17. The van der Waals surface area contributed by atoms with Crippen LogP contribution < -0.4 is 0 Å². The van der Waals surface area contributed by atoms with Crippen LogP contribution in [0.4, 0.5) is 0 Å². The Balaban J connectivity index is 1.87. The molecule has 32 heavy (non-hydrogen) atoms. The van der Waals surface area contributed by atoms with Gasteiger partial charge in [0.05, 0.1) is 17.8 Å². The van der Waals surface area contributed by atoms with Crippen LogP contribution in [0.1, 0.15) is 22.6 Å². The number of fused-ring (bicyclic) bond motifs is 3. The molecule has 1 aliphatic heterocycles. The normalized spacial score (nSPS) is 30.6. The third-order valence-electron chi connectivity index (χ3n) is 6.66. The maximum absolute atomic E-state index is 13.1. The first-order valence-corrected chi connectivity index (χ1v) is 12.5. The summed E-state index contributed by atoms with van der Waals surface area (Å²) in [6.45, 7) is 0. The second-order valence-electron chi connectivity index (χ2n) is 8.13. The highest BCUT2D eigenvalue weighted by molar-refractivity contribution is 9.10. The summed E-state index contributed by atoms with van der Waals surface area (Å²) < 4.78 is 5.88. The number of carbonyl (C=O) groups is 1. The Bertz CT molecular complexity index is 1190. The molecule has 1 heterocycles. The summed E-state index contributed by atoms with van der Waals surface area (Å²) in [5, 5.41) is 24.1. The molecule has 1 aliphatic carbocycles. The predicted octanol–water partition coefficient (Wildman–Crippen LogP) is 5.35. The lowest BCUT2D eigenvalue weighted by molar-refractivity contribution is -0.154. The van der Waals surface area contributed by atoms with Crippen molar-refractivity contribution >= 4 is 49.6 Å². The second kappa shape index (κ2) is 7.99. The molecule has 7 heteroatoms. The minimum atomic E-state index is -1.71. The lowest BCUT2D eigenvalue weighted by Crippen LogP contribution is -2.48. The Labute approximate surface area is 207 Å². The molecule has 0 unspecified atom stereocenters. The maximum atomic E-state index is 13.1. The number of hydrogen-bond donors (Lipinski definition) is 2. The molecule has 2 aliphatic rings. The van der Waals surface area contributed by atoms with Crippen molar-refractivity contribution < 1.29 is 19.7 Å². The number of esters is 1. The van der Waals surface area contributed by atoms with Gasteiger partial charge in [-0.15, -0.1) is 11.8 Å². The van der Waals surface area contributed by atoms with E-state index in [1.54, 1.807) is 0 Å². The number of hydrogen-bond acceptors (Lipinski definition) is 5. The molecule has 0 saturated heterocycles. The van der Waals surface area contributed by atoms with Crippen LogP contribution in [0, 0.1) is 5.92 Å². The Morgan fingerprint density at radius 3 is 2.31 bits per heavy atom. The van der Waals surface area contributed by atoms with E-state index in [1.165, 1.54) is 18.9 Å². The largest absolute Gasteiger partial charge is 0.469 e. The molecule has 4 nitrogen and oxygen atoms in total. The van der Waals surface area contributed by atoms with E-state index < -0.39 is 34.3 Å². The van der Waals surface area contributed by atoms with E-state index in [0.29, 0.717) is 5.56 Å². The van der Waals surface area contributed by atoms with Crippen molar-refractivity contribution in [1.82, 2.24) is 0 Å². The van der Waals surface area contributed by atoms with Gasteiger partial charge in [0, 0.05) is 25.3 Å². The molecule has 1 fully saturated rings. The van der Waals surface area contributed by atoms with Crippen LogP contribution >= 0.6 is 43.6 Å². The topological polar surface area (TPSA) is 66.8 Å². The first-order chi connectivity index (χ1) is 15.3. The number of ether oxygens (including phenoxy) is 1. The predicted molar refractivity (Wildman–Crippen MR) is 130 cm³/mol. The molecular weight excluding hydrogens is 556 g/mol. The zero-order valence-corrected chi connectivity index (χ0v) is 21.0. The summed E-state index contributed by atoms with van der Waals surface area (Å²) in [7, 11) is 1.32. The van der Waals surface area contributed by atoms with Gasteiger partial charge >= 0.3 is 5.97 Å². The fraction of sp³-hybridized carbons (Fsp3) is 0.240. The fourth-order valence-corrected chi connectivity index (χ4v) is 8.07. The third kappa shape index (κ3) is 2.91. The van der Waals surface area contributed by atoms with E-state index in [0.717, 1.165) is 25.0 Å². The number of benzene rings is 3. The van der Waals surface area contributed by atoms with Crippen LogP contribution in [0.2, 0.25) is 0 Å². The molecule has 0 amide bonds. The van der Waals surface area contributed by atoms with Crippen LogP contribution in [0.25, 0.3) is 0 Å². The molecule has 3 aromatic rings. The first kappa shape index (κ1) is 22.2. The van der Waals surface area contributed by atoms with Gasteiger partial charge in [0.1, 0.15) is 11.7 Å². The van der Waals surface area contributed by atoms with E-state index >= 15 is 0 Å². The summed E-state index contributed by atoms with van der Waals surface area (Å²) in [4.78, 5) is 13.9. The van der Waals surface area contributed by atoms with Crippen LogP contribution in [-0.4, -0.2) is 29.4 Å². The van der Waals surface area contributed by atoms with Crippen molar-refractivity contribution in [1.29, 1.82) is 0 Å². The SMILES string of the molecule is COC(=O)[C@H]1[C@@H](O)[C@@]2(O)c3ccc(Br)cc3S[C@@]2(c2ccc(Br)cc2)[C@@H]1c1ccccc1. The molecule has 5 rings (SSSR count). The molecule has 5 atom stereocenters. The lowest BCUT2D eigenvalue weighted by atomic mass is 9.73. The number of carbonyl (C=O) groups excluding carboxylic acids is 1. The van der Waals surface area contributed by atoms with Crippen LogP contribution in [-0.2, 0) is 19.9 Å². The average molecular weight is 576 g/mol. The van der Waals surface area contributed by atoms with Gasteiger partial charge in [-0.2, -0.15) is 0 Å². The van der Waals surface area contributed by atoms with Gasteiger partial charge in [0.15, 0.2) is 0 Å². The number of methoxy groups -OCH3 is 1. The number of halogens is 2. The lowest BCUT2D eigenvalue weighted by Gasteiger charge is -2.41. The fourth-order valence-electron chi connectivity index (χ4n) is 5.38. The minimum Gasteiger partial charge on any atom is -0.469 e. The van der Waals surface area contributed by atoms with Gasteiger partial charge < -0.3 is 14.9 Å². The number of aliphatic hydroxyl groups is 2. The van der Waals surface area contributed by atoms with Gasteiger partial charge in [-0.1, -0.05) is 80.4 Å². The van der Waals surface area contributed by atoms with Crippen molar-refractivity contribution in [2.45, 2.75) is 27.3 Å². The number of rotatable bonds is 3. The zero-order valence-electron chi connectivity index (χ0n) is 17.0. The highest BCUT2D eigenvalue weighted by Crippen LogP contribution is 2.74. The Hall–Kier alpha value is -1.64. The maximum Gasteiger partial charge on any atom is 0.312 e. The van der Waals surface area contributed by atoms with Gasteiger partial charge in [0.2, 0.25) is 0 Å². The molecule has 3 aromatic carbocycles. The van der Waals surface area contributed by atoms with Crippen molar-refractivity contribution in [3.05, 3.63) is 98.4 Å². The molecule has 0 radical (unpaired) electrons. The van der Waals surface area contributed by atoms with Crippen molar-refractivity contribution in [3.8, 4) is 0 Å². The highest BCUT2D eigenvalue weighted by Gasteiger charge is 2.75. The highest BCUT2D eigenvalue weighted by atomic mass is 79.9. The number of aliphatic hydroxyl groups excluding tert-OH is 1. The van der Waals surface area contributed by atoms with Gasteiger partial charge in [-0.05, 0) is 35.4 Å². The van der Waals surface area contributed by atoms with Crippen molar-refractivity contribution in [2.24, 2.45) is 5.92 Å². The van der Waals surface area contributed by atoms with E-state index in [1.807, 2.05) is 72.8 Å². The Kier molecular flexibility index (Phi) is 5.54. The second-order valence-corrected chi connectivity index (χ2v) is 11.3. The molecular formula is C25H20Br2O4S. The van der Waals surface area contributed by atoms with E-state index in [2.05, 4.69) is 31.9 Å². The summed E-state index contributed by atoms with van der Waals surface area (Å²) in [6.07, 6.45) is -1.36. The monoisotopic (exact) mass is 574 g/mol. The van der Waals surface area contributed by atoms with Crippen LogP contribution in [0.3, 0.4) is 0 Å². The first-order valence-electron chi connectivity index (χ1n) is 10.1. The number of thioether (sulfide) groups is 1. The molecule has 0 bridgehead atoms. The zero-order chi connectivity index (χ0) is 22.7. The van der Waals surface area contributed by atoms with Gasteiger partial charge in [-0.25, -0.2) is 0 Å². The molecule has 2 N–H and O–H groups in total. The van der Waals surface area contributed by atoms with E-state index in [4.69, 9.17) is 4.74 Å². The van der Waals surface area contributed by atoms with Crippen LogP contribution in [0.5, 0.6) is 0 Å². The quantitative estimate of drug-likeness (QED) is 0.412.